The van der Waals surface area contributed by atoms with E-state index in [4.69, 9.17) is 0 Å². The fraction of sp³-hybridized carbons (Fsp3) is 0.292. The van der Waals surface area contributed by atoms with Gasteiger partial charge in [-0.25, -0.2) is 18.4 Å². The SMILES string of the molecule is Cc1nccc(CNC(=O)c2cccc(NS(=O)(=O)c3cc(C(C)(C)C)ccc3C)c2)n1. The molecule has 32 heavy (non-hydrogen) atoms. The lowest BCUT2D eigenvalue weighted by Gasteiger charge is -2.21. The summed E-state index contributed by atoms with van der Waals surface area (Å²) in [5, 5.41) is 2.79. The van der Waals surface area contributed by atoms with Crippen LogP contribution in [0.2, 0.25) is 0 Å². The highest BCUT2D eigenvalue weighted by Crippen LogP contribution is 2.28. The molecular weight excluding hydrogens is 424 g/mol. The second-order valence-corrected chi connectivity index (χ2v) is 10.3. The molecule has 8 heteroatoms. The van der Waals surface area contributed by atoms with Crippen molar-refractivity contribution in [2.75, 3.05) is 4.72 Å². The van der Waals surface area contributed by atoms with Gasteiger partial charge in [0.1, 0.15) is 5.82 Å². The minimum atomic E-state index is -3.83. The zero-order valence-corrected chi connectivity index (χ0v) is 19.7. The number of nitrogens with zero attached hydrogens (tertiary/aromatic N) is 2. The van der Waals surface area contributed by atoms with Gasteiger partial charge < -0.3 is 5.32 Å². The van der Waals surface area contributed by atoms with Crippen LogP contribution < -0.4 is 10.0 Å². The molecule has 2 N–H and O–H groups in total. The molecule has 3 aromatic rings. The second-order valence-electron chi connectivity index (χ2n) is 8.69. The van der Waals surface area contributed by atoms with Crippen LogP contribution >= 0.6 is 0 Å². The summed E-state index contributed by atoms with van der Waals surface area (Å²) in [5.41, 5.74) is 2.75. The standard InChI is InChI=1S/C24H28N4O3S/c1-16-9-10-19(24(3,4)5)14-22(16)32(30,31)28-20-8-6-7-18(13-20)23(29)26-15-21-11-12-25-17(2)27-21/h6-14,28H,15H2,1-5H3,(H,26,29). The number of anilines is 1. The fourth-order valence-electron chi connectivity index (χ4n) is 3.17. The zero-order valence-electron chi connectivity index (χ0n) is 18.9. The molecule has 0 aliphatic heterocycles. The Bertz CT molecular complexity index is 1250. The summed E-state index contributed by atoms with van der Waals surface area (Å²) < 4.78 is 28.8. The third-order valence-corrected chi connectivity index (χ3v) is 6.51. The van der Waals surface area contributed by atoms with Crippen molar-refractivity contribution < 1.29 is 13.2 Å². The molecule has 0 saturated carbocycles. The van der Waals surface area contributed by atoms with Crippen molar-refractivity contribution >= 4 is 21.6 Å². The predicted molar refractivity (Wildman–Crippen MR) is 125 cm³/mol. The average molecular weight is 453 g/mol. The number of rotatable bonds is 6. The minimum absolute atomic E-state index is 0.182. The first-order valence-electron chi connectivity index (χ1n) is 10.3. The lowest BCUT2D eigenvalue weighted by atomic mass is 9.87. The third kappa shape index (κ3) is 5.70. The molecule has 2 aromatic carbocycles. The Morgan fingerprint density at radius 1 is 1.03 bits per heavy atom. The third-order valence-electron chi connectivity index (χ3n) is 4.98. The maximum Gasteiger partial charge on any atom is 0.262 e. The van der Waals surface area contributed by atoms with Crippen LogP contribution in [0.15, 0.2) is 59.6 Å². The molecular formula is C24H28N4O3S. The highest BCUT2D eigenvalue weighted by Gasteiger charge is 2.22. The van der Waals surface area contributed by atoms with Crippen molar-refractivity contribution in [3.05, 3.63) is 82.9 Å². The van der Waals surface area contributed by atoms with Crippen LogP contribution in [-0.4, -0.2) is 24.3 Å². The van der Waals surface area contributed by atoms with Gasteiger partial charge in [0.2, 0.25) is 0 Å². The molecule has 0 atom stereocenters. The Morgan fingerprint density at radius 2 is 1.78 bits per heavy atom. The molecule has 0 fully saturated rings. The predicted octanol–water partition coefficient (Wildman–Crippen LogP) is 4.12. The van der Waals surface area contributed by atoms with Crippen molar-refractivity contribution in [2.24, 2.45) is 0 Å². The van der Waals surface area contributed by atoms with E-state index < -0.39 is 10.0 Å². The number of benzene rings is 2. The van der Waals surface area contributed by atoms with Crippen LogP contribution in [0.25, 0.3) is 0 Å². The molecule has 7 nitrogen and oxygen atoms in total. The lowest BCUT2D eigenvalue weighted by molar-refractivity contribution is 0.0950. The molecule has 0 radical (unpaired) electrons. The highest BCUT2D eigenvalue weighted by atomic mass is 32.2. The number of hydrogen-bond donors (Lipinski definition) is 2. The van der Waals surface area contributed by atoms with E-state index in [2.05, 4.69) is 20.0 Å². The van der Waals surface area contributed by atoms with E-state index in [1.807, 2.05) is 32.9 Å². The molecule has 1 aromatic heterocycles. The number of hydrogen-bond acceptors (Lipinski definition) is 5. The Balaban J connectivity index is 1.78. The van der Waals surface area contributed by atoms with E-state index >= 15 is 0 Å². The topological polar surface area (TPSA) is 101 Å². The number of carbonyl (C=O) groups excluding carboxylic acids is 1. The average Bonchev–Trinajstić information content (AvgIpc) is 2.71. The minimum Gasteiger partial charge on any atom is -0.346 e. The molecule has 3 rings (SSSR count). The smallest absolute Gasteiger partial charge is 0.262 e. The van der Waals surface area contributed by atoms with Crippen molar-refractivity contribution in [3.8, 4) is 0 Å². The largest absolute Gasteiger partial charge is 0.346 e. The Labute approximate surface area is 189 Å². The first kappa shape index (κ1) is 23.4. The number of amides is 1. The Hall–Kier alpha value is -3.26. The molecule has 1 heterocycles. The van der Waals surface area contributed by atoms with Gasteiger partial charge in [-0.3, -0.25) is 9.52 Å². The van der Waals surface area contributed by atoms with Crippen molar-refractivity contribution in [3.63, 3.8) is 0 Å². The van der Waals surface area contributed by atoms with Gasteiger partial charge in [0, 0.05) is 17.4 Å². The van der Waals surface area contributed by atoms with Crippen LogP contribution in [-0.2, 0) is 22.0 Å². The maximum absolute atomic E-state index is 13.1. The summed E-state index contributed by atoms with van der Waals surface area (Å²) in [6.07, 6.45) is 1.63. The van der Waals surface area contributed by atoms with Gasteiger partial charge in [0.05, 0.1) is 17.1 Å². The quantitative estimate of drug-likeness (QED) is 0.586. The monoisotopic (exact) mass is 452 g/mol. The van der Waals surface area contributed by atoms with Crippen molar-refractivity contribution in [2.45, 2.75) is 51.5 Å². The number of aromatic nitrogens is 2. The van der Waals surface area contributed by atoms with Crippen LogP contribution in [0.4, 0.5) is 5.69 Å². The number of sulfonamides is 1. The summed E-state index contributed by atoms with van der Waals surface area (Å²) in [6.45, 7) is 9.89. The fourth-order valence-corrected chi connectivity index (χ4v) is 4.49. The summed E-state index contributed by atoms with van der Waals surface area (Å²) in [4.78, 5) is 21.1. The first-order valence-corrected chi connectivity index (χ1v) is 11.7. The summed E-state index contributed by atoms with van der Waals surface area (Å²) in [7, 11) is -3.83. The van der Waals surface area contributed by atoms with Gasteiger partial charge in [-0.15, -0.1) is 0 Å². The van der Waals surface area contributed by atoms with Crippen LogP contribution in [0.1, 0.15) is 53.8 Å². The van der Waals surface area contributed by atoms with E-state index in [1.165, 1.54) is 6.07 Å². The van der Waals surface area contributed by atoms with E-state index in [9.17, 15) is 13.2 Å². The summed E-state index contributed by atoms with van der Waals surface area (Å²) in [5.74, 6) is 0.298. The van der Waals surface area contributed by atoms with Crippen LogP contribution in [0, 0.1) is 13.8 Å². The van der Waals surface area contributed by atoms with E-state index in [-0.39, 0.29) is 22.8 Å². The van der Waals surface area contributed by atoms with E-state index in [0.29, 0.717) is 28.3 Å². The van der Waals surface area contributed by atoms with Gasteiger partial charge >= 0.3 is 0 Å². The lowest BCUT2D eigenvalue weighted by Crippen LogP contribution is -2.23. The number of aryl methyl sites for hydroxylation is 2. The molecule has 168 valence electrons. The van der Waals surface area contributed by atoms with Gasteiger partial charge in [0.15, 0.2) is 0 Å². The Morgan fingerprint density at radius 3 is 2.47 bits per heavy atom. The molecule has 0 saturated heterocycles. The number of carbonyl (C=O) groups is 1. The van der Waals surface area contributed by atoms with Gasteiger partial charge in [-0.05, 0) is 60.7 Å². The molecule has 0 unspecified atom stereocenters. The molecule has 1 amide bonds. The Kier molecular flexibility index (Phi) is 6.64. The van der Waals surface area contributed by atoms with Crippen LogP contribution in [0.3, 0.4) is 0 Å². The first-order chi connectivity index (χ1) is 15.0. The summed E-state index contributed by atoms with van der Waals surface area (Å²) in [6, 6.07) is 13.6. The zero-order chi connectivity index (χ0) is 23.5. The van der Waals surface area contributed by atoms with Gasteiger partial charge in [-0.2, -0.15) is 0 Å². The van der Waals surface area contributed by atoms with Crippen molar-refractivity contribution in [1.82, 2.24) is 15.3 Å². The van der Waals surface area contributed by atoms with E-state index in [1.54, 1.807) is 50.4 Å². The maximum atomic E-state index is 13.1. The normalized spacial score (nSPS) is 11.8. The molecule has 0 aliphatic rings. The van der Waals surface area contributed by atoms with Gasteiger partial charge in [0.25, 0.3) is 15.9 Å². The van der Waals surface area contributed by atoms with E-state index in [0.717, 1.165) is 5.56 Å². The van der Waals surface area contributed by atoms with Crippen molar-refractivity contribution in [1.29, 1.82) is 0 Å². The second kappa shape index (κ2) is 9.08. The number of nitrogens with one attached hydrogen (secondary N) is 2. The molecule has 0 bridgehead atoms. The summed E-state index contributed by atoms with van der Waals surface area (Å²) >= 11 is 0. The van der Waals surface area contributed by atoms with Gasteiger partial charge in [-0.1, -0.05) is 39.0 Å². The van der Waals surface area contributed by atoms with Crippen LogP contribution in [0.5, 0.6) is 0 Å². The molecule has 0 spiro atoms. The highest BCUT2D eigenvalue weighted by molar-refractivity contribution is 7.92. The molecule has 0 aliphatic carbocycles.